The quantitative estimate of drug-likeness (QED) is 0.375. The Kier molecular flexibility index (Phi) is 4.18. The predicted octanol–water partition coefficient (Wildman–Crippen LogP) is 5.83. The molecule has 0 unspecified atom stereocenters. The van der Waals surface area contributed by atoms with Gasteiger partial charge in [0.25, 0.3) is 11.8 Å². The number of carbonyl (C=O) groups excluding carboxylic acids is 2. The number of rotatable bonds is 4. The zero-order valence-electron chi connectivity index (χ0n) is 17.3. The SMILES string of the molecule is O=C1c2ccccc2C(=O)N1CCc1c(-c2cccc3ccccc23)[nH]c2ccccc12. The lowest BCUT2D eigenvalue weighted by molar-refractivity contribution is 0.0656. The third kappa shape index (κ3) is 2.77. The molecule has 4 heteroatoms. The lowest BCUT2D eigenvalue weighted by atomic mass is 9.97. The first-order chi connectivity index (χ1) is 15.7. The van der Waals surface area contributed by atoms with Crippen LogP contribution >= 0.6 is 0 Å². The first kappa shape index (κ1) is 18.6. The molecule has 5 aromatic rings. The lowest BCUT2D eigenvalue weighted by Crippen LogP contribution is -2.31. The second-order valence-corrected chi connectivity index (χ2v) is 8.11. The molecule has 32 heavy (non-hydrogen) atoms. The predicted molar refractivity (Wildman–Crippen MR) is 127 cm³/mol. The highest BCUT2D eigenvalue weighted by molar-refractivity contribution is 6.21. The van der Waals surface area contributed by atoms with Gasteiger partial charge in [-0.25, -0.2) is 0 Å². The summed E-state index contributed by atoms with van der Waals surface area (Å²) in [6, 6.07) is 29.9. The fraction of sp³-hybridized carbons (Fsp3) is 0.0714. The summed E-state index contributed by atoms with van der Waals surface area (Å²) in [4.78, 5) is 30.7. The molecule has 0 fully saturated rings. The normalized spacial score (nSPS) is 13.3. The minimum atomic E-state index is -0.211. The molecule has 0 bridgehead atoms. The van der Waals surface area contributed by atoms with Crippen LogP contribution in [0, 0.1) is 0 Å². The molecule has 1 aliphatic heterocycles. The number of fused-ring (bicyclic) bond motifs is 3. The van der Waals surface area contributed by atoms with E-state index >= 15 is 0 Å². The van der Waals surface area contributed by atoms with Crippen LogP contribution in [0.2, 0.25) is 0 Å². The average Bonchev–Trinajstić information content (AvgIpc) is 3.32. The monoisotopic (exact) mass is 416 g/mol. The van der Waals surface area contributed by atoms with E-state index in [1.807, 2.05) is 24.3 Å². The minimum Gasteiger partial charge on any atom is -0.354 e. The van der Waals surface area contributed by atoms with Crippen LogP contribution in [0.3, 0.4) is 0 Å². The summed E-state index contributed by atoms with van der Waals surface area (Å²) < 4.78 is 0. The molecule has 0 spiro atoms. The summed E-state index contributed by atoms with van der Waals surface area (Å²) >= 11 is 0. The Morgan fingerprint density at radius 1 is 0.625 bits per heavy atom. The number of carbonyl (C=O) groups is 2. The van der Waals surface area contributed by atoms with Gasteiger partial charge in [-0.1, -0.05) is 72.8 Å². The number of imide groups is 1. The van der Waals surface area contributed by atoms with Crippen molar-refractivity contribution in [1.29, 1.82) is 0 Å². The van der Waals surface area contributed by atoms with E-state index in [0.29, 0.717) is 24.1 Å². The molecule has 1 aliphatic rings. The Morgan fingerprint density at radius 2 is 1.22 bits per heavy atom. The highest BCUT2D eigenvalue weighted by atomic mass is 16.2. The number of hydrogen-bond acceptors (Lipinski definition) is 2. The molecule has 154 valence electrons. The van der Waals surface area contributed by atoms with E-state index in [4.69, 9.17) is 0 Å². The van der Waals surface area contributed by atoms with Crippen LogP contribution in [0.4, 0.5) is 0 Å². The van der Waals surface area contributed by atoms with Crippen molar-refractivity contribution in [3.8, 4) is 11.3 Å². The van der Waals surface area contributed by atoms with Crippen molar-refractivity contribution in [3.63, 3.8) is 0 Å². The van der Waals surface area contributed by atoms with Gasteiger partial charge in [-0.3, -0.25) is 14.5 Å². The maximum atomic E-state index is 12.9. The third-order valence-electron chi connectivity index (χ3n) is 6.34. The van der Waals surface area contributed by atoms with Gasteiger partial charge in [0.15, 0.2) is 0 Å². The average molecular weight is 416 g/mol. The van der Waals surface area contributed by atoms with Crippen LogP contribution in [0.15, 0.2) is 91.0 Å². The summed E-state index contributed by atoms with van der Waals surface area (Å²) in [7, 11) is 0. The number of benzene rings is 4. The van der Waals surface area contributed by atoms with Gasteiger partial charge in [-0.2, -0.15) is 0 Å². The molecule has 4 nitrogen and oxygen atoms in total. The van der Waals surface area contributed by atoms with Crippen LogP contribution in [0.5, 0.6) is 0 Å². The number of aromatic amines is 1. The lowest BCUT2D eigenvalue weighted by Gasteiger charge is -2.15. The maximum absolute atomic E-state index is 12.9. The molecule has 1 aromatic heterocycles. The summed E-state index contributed by atoms with van der Waals surface area (Å²) in [5.41, 5.74) is 5.31. The van der Waals surface area contributed by atoms with Gasteiger partial charge in [0.1, 0.15) is 0 Å². The van der Waals surface area contributed by atoms with Crippen LogP contribution < -0.4 is 0 Å². The Morgan fingerprint density at radius 3 is 2.00 bits per heavy atom. The molecule has 0 radical (unpaired) electrons. The fourth-order valence-electron chi connectivity index (χ4n) is 4.80. The van der Waals surface area contributed by atoms with Gasteiger partial charge in [0.2, 0.25) is 0 Å². The Hall–Kier alpha value is -4.18. The summed E-state index contributed by atoms with van der Waals surface area (Å²) in [6.07, 6.45) is 0.577. The van der Waals surface area contributed by atoms with Crippen LogP contribution in [0.25, 0.3) is 32.9 Å². The van der Waals surface area contributed by atoms with Gasteiger partial charge < -0.3 is 4.98 Å². The number of hydrogen-bond donors (Lipinski definition) is 1. The smallest absolute Gasteiger partial charge is 0.261 e. The first-order valence-electron chi connectivity index (χ1n) is 10.8. The Balaban J connectivity index is 1.43. The van der Waals surface area contributed by atoms with Crippen LogP contribution in [0.1, 0.15) is 26.3 Å². The van der Waals surface area contributed by atoms with Gasteiger partial charge >= 0.3 is 0 Å². The van der Waals surface area contributed by atoms with Crippen molar-refractivity contribution < 1.29 is 9.59 Å². The Bertz CT molecular complexity index is 1490. The molecule has 0 atom stereocenters. The molecular weight excluding hydrogens is 396 g/mol. The Labute approximate surface area is 185 Å². The number of para-hydroxylation sites is 1. The molecule has 0 aliphatic carbocycles. The largest absolute Gasteiger partial charge is 0.354 e. The van der Waals surface area contributed by atoms with Gasteiger partial charge in [-0.15, -0.1) is 0 Å². The van der Waals surface area contributed by atoms with Crippen molar-refractivity contribution in [2.45, 2.75) is 6.42 Å². The van der Waals surface area contributed by atoms with E-state index in [1.54, 1.807) is 24.3 Å². The third-order valence-corrected chi connectivity index (χ3v) is 6.34. The first-order valence-corrected chi connectivity index (χ1v) is 10.8. The van der Waals surface area contributed by atoms with Crippen molar-refractivity contribution in [1.82, 2.24) is 9.88 Å². The van der Waals surface area contributed by atoms with Crippen molar-refractivity contribution in [2.75, 3.05) is 6.54 Å². The standard InChI is InChI=1S/C28H20N2O2/c31-27-23-12-3-4-13-24(23)28(32)30(27)17-16-22-20-11-5-6-15-25(20)29-26(22)21-14-7-9-18-8-1-2-10-19(18)21/h1-15,29H,16-17H2. The van der Waals surface area contributed by atoms with E-state index < -0.39 is 0 Å². The van der Waals surface area contributed by atoms with Crippen molar-refractivity contribution in [3.05, 3.63) is 108 Å². The van der Waals surface area contributed by atoms with E-state index in [-0.39, 0.29) is 11.8 Å². The maximum Gasteiger partial charge on any atom is 0.261 e. The number of nitrogens with one attached hydrogen (secondary N) is 1. The second-order valence-electron chi connectivity index (χ2n) is 8.11. The molecule has 2 heterocycles. The van der Waals surface area contributed by atoms with E-state index in [9.17, 15) is 9.59 Å². The summed E-state index contributed by atoms with van der Waals surface area (Å²) in [6.45, 7) is 0.339. The molecule has 4 aromatic carbocycles. The fourth-order valence-corrected chi connectivity index (χ4v) is 4.80. The summed E-state index contributed by atoms with van der Waals surface area (Å²) in [5, 5.41) is 3.46. The minimum absolute atomic E-state index is 0.211. The highest BCUT2D eigenvalue weighted by Crippen LogP contribution is 2.35. The van der Waals surface area contributed by atoms with Gasteiger partial charge in [-0.05, 0) is 41.0 Å². The van der Waals surface area contributed by atoms with Crippen molar-refractivity contribution >= 4 is 33.5 Å². The number of nitrogens with zero attached hydrogens (tertiary/aromatic N) is 1. The summed E-state index contributed by atoms with van der Waals surface area (Å²) in [5.74, 6) is -0.422. The topological polar surface area (TPSA) is 53.2 Å². The molecule has 1 N–H and O–H groups in total. The van der Waals surface area contributed by atoms with E-state index in [1.165, 1.54) is 15.7 Å². The number of aromatic nitrogens is 1. The number of amides is 2. The second kappa shape index (κ2) is 7.20. The molecular formula is C28H20N2O2. The van der Waals surface area contributed by atoms with Crippen LogP contribution in [-0.4, -0.2) is 28.2 Å². The zero-order valence-corrected chi connectivity index (χ0v) is 17.3. The molecule has 0 saturated carbocycles. The number of H-pyrrole nitrogens is 1. The van der Waals surface area contributed by atoms with Gasteiger partial charge in [0.05, 0.1) is 16.8 Å². The van der Waals surface area contributed by atoms with Crippen molar-refractivity contribution in [2.24, 2.45) is 0 Å². The zero-order chi connectivity index (χ0) is 21.7. The van der Waals surface area contributed by atoms with E-state index in [0.717, 1.165) is 27.7 Å². The molecule has 2 amide bonds. The van der Waals surface area contributed by atoms with Crippen LogP contribution in [-0.2, 0) is 6.42 Å². The molecule has 6 rings (SSSR count). The van der Waals surface area contributed by atoms with Gasteiger partial charge in [0, 0.05) is 23.0 Å². The van der Waals surface area contributed by atoms with E-state index in [2.05, 4.69) is 47.4 Å². The molecule has 0 saturated heterocycles. The highest BCUT2D eigenvalue weighted by Gasteiger charge is 2.35.